The quantitative estimate of drug-likeness (QED) is 0.486. The van der Waals surface area contributed by atoms with Crippen LogP contribution in [0.25, 0.3) is 32.5 Å². The van der Waals surface area contributed by atoms with E-state index in [4.69, 9.17) is 11.0 Å². The summed E-state index contributed by atoms with van der Waals surface area (Å²) in [5, 5.41) is 9.12. The third kappa shape index (κ3) is 3.79. The molecule has 1 unspecified atom stereocenters. The van der Waals surface area contributed by atoms with Gasteiger partial charge in [0.25, 0.3) is 5.91 Å². The summed E-state index contributed by atoms with van der Waals surface area (Å²) in [6, 6.07) is 17.4. The van der Waals surface area contributed by atoms with Crippen LogP contribution in [-0.4, -0.2) is 34.5 Å². The smallest absolute Gasteiger partial charge is 0.307 e. The number of hydrogen-bond donors (Lipinski definition) is 1. The summed E-state index contributed by atoms with van der Waals surface area (Å²) < 4.78 is 17.0. The van der Waals surface area contributed by atoms with Gasteiger partial charge in [0, 0.05) is 31.7 Å². The number of fused-ring (bicyclic) bond motifs is 1. The second-order valence-electron chi connectivity index (χ2n) is 8.48. The molecule has 1 aliphatic rings. The van der Waals surface area contributed by atoms with Gasteiger partial charge >= 0.3 is 4.87 Å². The molecule has 8 heteroatoms. The molecule has 1 aliphatic heterocycles. The molecule has 0 bridgehead atoms. The molecular formula is C26H21FN4O2S. The number of nitrogens with two attached hydrogens (primary N) is 1. The van der Waals surface area contributed by atoms with Crippen molar-refractivity contribution in [3.8, 4) is 28.3 Å². The van der Waals surface area contributed by atoms with Crippen molar-refractivity contribution in [1.82, 2.24) is 9.47 Å². The van der Waals surface area contributed by atoms with Crippen LogP contribution in [0.2, 0.25) is 0 Å². The molecule has 1 amide bonds. The van der Waals surface area contributed by atoms with Crippen molar-refractivity contribution in [2.45, 2.75) is 12.5 Å². The minimum absolute atomic E-state index is 0.0277. The van der Waals surface area contributed by atoms with Gasteiger partial charge in [-0.3, -0.25) is 9.59 Å². The van der Waals surface area contributed by atoms with Gasteiger partial charge in [0.1, 0.15) is 11.9 Å². The van der Waals surface area contributed by atoms with Crippen LogP contribution in [0, 0.1) is 17.1 Å². The predicted molar refractivity (Wildman–Crippen MR) is 131 cm³/mol. The van der Waals surface area contributed by atoms with Gasteiger partial charge in [-0.2, -0.15) is 5.26 Å². The van der Waals surface area contributed by atoms with E-state index < -0.39 is 5.82 Å². The molecule has 0 spiro atoms. The van der Waals surface area contributed by atoms with Crippen LogP contribution in [-0.2, 0) is 7.05 Å². The largest absolute Gasteiger partial charge is 0.337 e. The SMILES string of the molecule is Cn1c(=O)sc2cc(-c3ccc(C(=O)N4CCC(N)C4)cc3-c3ccc(C#N)c(F)c3)ccc21. The van der Waals surface area contributed by atoms with Gasteiger partial charge in [0.05, 0.1) is 15.8 Å². The summed E-state index contributed by atoms with van der Waals surface area (Å²) in [5.74, 6) is -0.739. The lowest BCUT2D eigenvalue weighted by Crippen LogP contribution is -2.31. The molecule has 4 aromatic rings. The first kappa shape index (κ1) is 22.0. The minimum Gasteiger partial charge on any atom is -0.337 e. The van der Waals surface area contributed by atoms with Gasteiger partial charge in [-0.25, -0.2) is 4.39 Å². The van der Waals surface area contributed by atoms with E-state index in [1.54, 1.807) is 34.7 Å². The topological polar surface area (TPSA) is 92.1 Å². The molecule has 0 radical (unpaired) electrons. The van der Waals surface area contributed by atoms with E-state index in [2.05, 4.69) is 0 Å². The number of aryl methyl sites for hydroxylation is 1. The first-order valence-electron chi connectivity index (χ1n) is 10.8. The molecule has 170 valence electrons. The van der Waals surface area contributed by atoms with Gasteiger partial charge in [0.2, 0.25) is 0 Å². The molecule has 1 atom stereocenters. The highest BCUT2D eigenvalue weighted by Crippen LogP contribution is 2.36. The number of carbonyl (C=O) groups excluding carboxylic acids is 1. The number of carbonyl (C=O) groups is 1. The van der Waals surface area contributed by atoms with E-state index in [9.17, 15) is 14.0 Å². The normalized spacial score (nSPS) is 15.6. The molecule has 3 aromatic carbocycles. The van der Waals surface area contributed by atoms with E-state index in [0.29, 0.717) is 29.8 Å². The van der Waals surface area contributed by atoms with Crippen molar-refractivity contribution >= 4 is 27.5 Å². The fourth-order valence-corrected chi connectivity index (χ4v) is 5.32. The summed E-state index contributed by atoms with van der Waals surface area (Å²) >= 11 is 1.16. The molecule has 0 aliphatic carbocycles. The van der Waals surface area contributed by atoms with Crippen molar-refractivity contribution < 1.29 is 9.18 Å². The number of halogens is 1. The predicted octanol–water partition coefficient (Wildman–Crippen LogP) is 4.12. The Kier molecular flexibility index (Phi) is 5.52. The van der Waals surface area contributed by atoms with Crippen molar-refractivity contribution in [1.29, 1.82) is 5.26 Å². The van der Waals surface area contributed by atoms with Crippen LogP contribution in [0.15, 0.2) is 59.4 Å². The molecule has 1 fully saturated rings. The highest BCUT2D eigenvalue weighted by molar-refractivity contribution is 7.16. The van der Waals surface area contributed by atoms with Crippen LogP contribution in [0.5, 0.6) is 0 Å². The molecule has 1 aromatic heterocycles. The molecule has 2 heterocycles. The first-order chi connectivity index (χ1) is 16.4. The number of hydrogen-bond acceptors (Lipinski definition) is 5. The summed E-state index contributed by atoms with van der Waals surface area (Å²) in [7, 11) is 1.73. The number of nitriles is 1. The number of nitrogens with zero attached hydrogens (tertiary/aromatic N) is 3. The Bertz CT molecular complexity index is 1550. The van der Waals surface area contributed by atoms with Crippen LogP contribution in [0.1, 0.15) is 22.3 Å². The van der Waals surface area contributed by atoms with Gasteiger partial charge in [-0.1, -0.05) is 29.5 Å². The fraction of sp³-hybridized carbons (Fsp3) is 0.192. The minimum atomic E-state index is -0.620. The molecule has 5 rings (SSSR count). The summed E-state index contributed by atoms with van der Waals surface area (Å²) in [6.45, 7) is 1.11. The Morgan fingerprint density at radius 1 is 1.12 bits per heavy atom. The molecule has 0 saturated carbocycles. The van der Waals surface area contributed by atoms with Gasteiger partial charge < -0.3 is 15.2 Å². The maximum atomic E-state index is 14.5. The van der Waals surface area contributed by atoms with Crippen LogP contribution in [0.3, 0.4) is 0 Å². The zero-order valence-corrected chi connectivity index (χ0v) is 19.2. The Hall–Kier alpha value is -3.80. The average Bonchev–Trinajstić information content (AvgIpc) is 3.40. The zero-order chi connectivity index (χ0) is 24.0. The van der Waals surface area contributed by atoms with Gasteiger partial charge in [-0.15, -0.1) is 0 Å². The Morgan fingerprint density at radius 2 is 1.88 bits per heavy atom. The van der Waals surface area contributed by atoms with Crippen molar-refractivity contribution in [3.63, 3.8) is 0 Å². The van der Waals surface area contributed by atoms with E-state index in [1.165, 1.54) is 12.1 Å². The van der Waals surface area contributed by atoms with Crippen LogP contribution < -0.4 is 10.6 Å². The second kappa shape index (κ2) is 8.52. The molecule has 1 saturated heterocycles. The highest BCUT2D eigenvalue weighted by atomic mass is 32.1. The summed E-state index contributed by atoms with van der Waals surface area (Å²) in [6.07, 6.45) is 0.761. The monoisotopic (exact) mass is 472 g/mol. The zero-order valence-electron chi connectivity index (χ0n) is 18.4. The molecule has 2 N–H and O–H groups in total. The van der Waals surface area contributed by atoms with Gasteiger partial charge in [0.15, 0.2) is 0 Å². The highest BCUT2D eigenvalue weighted by Gasteiger charge is 2.25. The van der Waals surface area contributed by atoms with Crippen molar-refractivity contribution in [2.24, 2.45) is 12.8 Å². The van der Waals surface area contributed by atoms with E-state index in [-0.39, 0.29) is 22.4 Å². The lowest BCUT2D eigenvalue weighted by atomic mass is 9.92. The number of rotatable bonds is 3. The van der Waals surface area contributed by atoms with E-state index in [0.717, 1.165) is 39.1 Å². The third-order valence-corrected chi connectivity index (χ3v) is 7.28. The fourth-order valence-electron chi connectivity index (χ4n) is 4.40. The molecule has 6 nitrogen and oxygen atoms in total. The average molecular weight is 473 g/mol. The first-order valence-corrected chi connectivity index (χ1v) is 11.7. The van der Waals surface area contributed by atoms with Crippen LogP contribution in [0.4, 0.5) is 4.39 Å². The third-order valence-electron chi connectivity index (χ3n) is 6.28. The number of amides is 1. The number of thiazole rings is 1. The second-order valence-corrected chi connectivity index (χ2v) is 9.47. The standard InChI is InChI=1S/C26H21FN4O2S/c1-30-23-7-5-16(12-24(23)34-26(30)33)20-6-4-17(25(32)31-9-8-19(29)14-31)10-21(20)15-2-3-18(13-28)22(27)11-15/h2-7,10-12,19H,8-9,14,29H2,1H3. The number of aromatic nitrogens is 1. The summed E-state index contributed by atoms with van der Waals surface area (Å²) in [5.41, 5.74) is 10.1. The lowest BCUT2D eigenvalue weighted by Gasteiger charge is -2.18. The summed E-state index contributed by atoms with van der Waals surface area (Å²) in [4.78, 5) is 26.9. The van der Waals surface area contributed by atoms with Crippen molar-refractivity contribution in [2.75, 3.05) is 13.1 Å². The van der Waals surface area contributed by atoms with Crippen molar-refractivity contribution in [3.05, 3.63) is 81.2 Å². The number of likely N-dealkylation sites (tertiary alicyclic amines) is 1. The van der Waals surface area contributed by atoms with Crippen LogP contribution >= 0.6 is 11.3 Å². The maximum Gasteiger partial charge on any atom is 0.307 e. The maximum absolute atomic E-state index is 14.5. The van der Waals surface area contributed by atoms with E-state index >= 15 is 0 Å². The van der Waals surface area contributed by atoms with E-state index in [1.807, 2.05) is 30.3 Å². The Balaban J connectivity index is 1.66. The lowest BCUT2D eigenvalue weighted by molar-refractivity contribution is 0.0791. The number of benzene rings is 3. The van der Waals surface area contributed by atoms with Gasteiger partial charge in [-0.05, 0) is 65.1 Å². The Morgan fingerprint density at radius 3 is 2.59 bits per heavy atom. The molecular weight excluding hydrogens is 451 g/mol. The molecule has 34 heavy (non-hydrogen) atoms. The Labute approximate surface area is 199 Å².